The molecule has 0 aliphatic rings. The van der Waals surface area contributed by atoms with E-state index in [2.05, 4.69) is 12.2 Å². The molecule has 0 atom stereocenters. The molecule has 0 aliphatic heterocycles. The molecule has 32 heavy (non-hydrogen) atoms. The fourth-order valence-electron chi connectivity index (χ4n) is 3.68. The molecule has 0 saturated heterocycles. The maximum Gasteiger partial charge on any atom is 0.245 e. The van der Waals surface area contributed by atoms with Crippen LogP contribution in [0.3, 0.4) is 0 Å². The van der Waals surface area contributed by atoms with Gasteiger partial charge in [-0.05, 0) is 38.0 Å². The van der Waals surface area contributed by atoms with E-state index in [1.807, 2.05) is 75.4 Å². The van der Waals surface area contributed by atoms with Crippen molar-refractivity contribution >= 4 is 17.6 Å². The van der Waals surface area contributed by atoms with Crippen LogP contribution in [0.1, 0.15) is 44.4 Å². The van der Waals surface area contributed by atoms with E-state index in [4.69, 9.17) is 5.10 Å². The van der Waals surface area contributed by atoms with Crippen molar-refractivity contribution in [2.24, 2.45) is 0 Å². The van der Waals surface area contributed by atoms with Crippen molar-refractivity contribution < 1.29 is 9.59 Å². The van der Waals surface area contributed by atoms with Crippen LogP contribution < -0.4 is 5.32 Å². The van der Waals surface area contributed by atoms with Gasteiger partial charge in [0, 0.05) is 18.5 Å². The van der Waals surface area contributed by atoms with Gasteiger partial charge in [0.15, 0.2) is 0 Å². The third kappa shape index (κ3) is 5.44. The standard InChI is InChI=1S/C26H32N4O2/c1-5-7-17-29(24(32)6-2)18-23(31)27-26-25(21-11-9-8-10-12-21)20(4)28-30(26)22-15-13-19(3)14-16-22/h8-16H,5-7,17-18H2,1-4H3,(H,27,31). The summed E-state index contributed by atoms with van der Waals surface area (Å²) in [6.45, 7) is 8.48. The largest absolute Gasteiger partial charge is 0.333 e. The first-order valence-corrected chi connectivity index (χ1v) is 11.2. The Hall–Kier alpha value is -3.41. The summed E-state index contributed by atoms with van der Waals surface area (Å²) in [6, 6.07) is 17.9. The number of nitrogens with one attached hydrogen (secondary N) is 1. The first-order chi connectivity index (χ1) is 15.4. The van der Waals surface area contributed by atoms with Crippen LogP contribution in [0.2, 0.25) is 0 Å². The van der Waals surface area contributed by atoms with E-state index in [1.165, 1.54) is 0 Å². The van der Waals surface area contributed by atoms with Crippen molar-refractivity contribution in [3.63, 3.8) is 0 Å². The predicted molar refractivity (Wildman–Crippen MR) is 129 cm³/mol. The molecule has 0 aliphatic carbocycles. The summed E-state index contributed by atoms with van der Waals surface area (Å²) in [5.41, 5.74) is 4.69. The van der Waals surface area contributed by atoms with Gasteiger partial charge in [-0.1, -0.05) is 68.3 Å². The molecule has 1 heterocycles. The fraction of sp³-hybridized carbons (Fsp3) is 0.346. The number of rotatable bonds is 9. The molecule has 1 N–H and O–H groups in total. The van der Waals surface area contributed by atoms with Crippen molar-refractivity contribution in [3.05, 3.63) is 65.9 Å². The lowest BCUT2D eigenvalue weighted by molar-refractivity contribution is -0.134. The molecule has 0 unspecified atom stereocenters. The minimum absolute atomic E-state index is 0.0138. The second-order valence-electron chi connectivity index (χ2n) is 7.99. The SMILES string of the molecule is CCCCN(CC(=O)Nc1c(-c2ccccc2)c(C)nn1-c1ccc(C)cc1)C(=O)CC. The number of aryl methyl sites for hydroxylation is 2. The van der Waals surface area contributed by atoms with Gasteiger partial charge in [0.05, 0.1) is 17.9 Å². The van der Waals surface area contributed by atoms with Crippen molar-refractivity contribution in [2.45, 2.75) is 47.0 Å². The molecule has 168 valence electrons. The topological polar surface area (TPSA) is 67.2 Å². The lowest BCUT2D eigenvalue weighted by Crippen LogP contribution is -2.38. The van der Waals surface area contributed by atoms with Crippen LogP contribution in [0.15, 0.2) is 54.6 Å². The van der Waals surface area contributed by atoms with Crippen LogP contribution in [0.4, 0.5) is 5.82 Å². The summed E-state index contributed by atoms with van der Waals surface area (Å²) >= 11 is 0. The third-order valence-corrected chi connectivity index (χ3v) is 5.43. The summed E-state index contributed by atoms with van der Waals surface area (Å²) < 4.78 is 1.77. The lowest BCUT2D eigenvalue weighted by atomic mass is 10.1. The zero-order chi connectivity index (χ0) is 23.1. The Balaban J connectivity index is 1.98. The molecule has 6 heteroatoms. The van der Waals surface area contributed by atoms with Gasteiger partial charge in [0.2, 0.25) is 11.8 Å². The lowest BCUT2D eigenvalue weighted by Gasteiger charge is -2.22. The number of hydrogen-bond acceptors (Lipinski definition) is 3. The molecular weight excluding hydrogens is 400 g/mol. The van der Waals surface area contributed by atoms with Crippen LogP contribution in [0.5, 0.6) is 0 Å². The first kappa shape index (κ1) is 23.3. The van der Waals surface area contributed by atoms with Crippen molar-refractivity contribution in [1.82, 2.24) is 14.7 Å². The van der Waals surface area contributed by atoms with E-state index in [0.717, 1.165) is 40.9 Å². The third-order valence-electron chi connectivity index (χ3n) is 5.43. The molecule has 3 aromatic rings. The highest BCUT2D eigenvalue weighted by Gasteiger charge is 2.22. The number of amides is 2. The van der Waals surface area contributed by atoms with Crippen LogP contribution in [0.25, 0.3) is 16.8 Å². The Morgan fingerprint density at radius 1 is 1.00 bits per heavy atom. The van der Waals surface area contributed by atoms with Crippen LogP contribution in [0, 0.1) is 13.8 Å². The molecular formula is C26H32N4O2. The monoisotopic (exact) mass is 432 g/mol. The van der Waals surface area contributed by atoms with E-state index < -0.39 is 0 Å². The zero-order valence-corrected chi connectivity index (χ0v) is 19.4. The Labute approximate surface area is 190 Å². The number of benzene rings is 2. The summed E-state index contributed by atoms with van der Waals surface area (Å²) in [5, 5.41) is 7.81. The molecule has 0 bridgehead atoms. The number of unbranched alkanes of at least 4 members (excludes halogenated alkanes) is 1. The maximum absolute atomic E-state index is 13.1. The molecule has 0 fully saturated rings. The Bertz CT molecular complexity index is 1060. The predicted octanol–water partition coefficient (Wildman–Crippen LogP) is 5.13. The number of anilines is 1. The second-order valence-corrected chi connectivity index (χ2v) is 7.99. The summed E-state index contributed by atoms with van der Waals surface area (Å²) in [4.78, 5) is 27.1. The number of carbonyl (C=O) groups is 2. The molecule has 6 nitrogen and oxygen atoms in total. The highest BCUT2D eigenvalue weighted by molar-refractivity contribution is 5.98. The van der Waals surface area contributed by atoms with Gasteiger partial charge in [-0.15, -0.1) is 0 Å². The van der Waals surface area contributed by atoms with Crippen molar-refractivity contribution in [2.75, 3.05) is 18.4 Å². The molecule has 0 spiro atoms. The molecule has 2 amide bonds. The van der Waals surface area contributed by atoms with Crippen LogP contribution >= 0.6 is 0 Å². The van der Waals surface area contributed by atoms with Gasteiger partial charge in [0.1, 0.15) is 5.82 Å². The summed E-state index contributed by atoms with van der Waals surface area (Å²) in [5.74, 6) is 0.371. The number of hydrogen-bond donors (Lipinski definition) is 1. The van der Waals surface area contributed by atoms with Gasteiger partial charge in [0.25, 0.3) is 0 Å². The molecule has 1 aromatic heterocycles. The van der Waals surface area contributed by atoms with Gasteiger partial charge in [-0.25, -0.2) is 4.68 Å². The van der Waals surface area contributed by atoms with Crippen LogP contribution in [-0.2, 0) is 9.59 Å². The van der Waals surface area contributed by atoms with E-state index in [9.17, 15) is 9.59 Å². The Morgan fingerprint density at radius 3 is 2.31 bits per heavy atom. The number of nitrogens with zero attached hydrogens (tertiary/aromatic N) is 3. The number of aromatic nitrogens is 2. The number of carbonyl (C=O) groups excluding carboxylic acids is 2. The Kier molecular flexibility index (Phi) is 7.82. The Morgan fingerprint density at radius 2 is 1.69 bits per heavy atom. The summed E-state index contributed by atoms with van der Waals surface area (Å²) in [7, 11) is 0. The average Bonchev–Trinajstić information content (AvgIpc) is 3.12. The first-order valence-electron chi connectivity index (χ1n) is 11.2. The van der Waals surface area contributed by atoms with Gasteiger partial charge >= 0.3 is 0 Å². The molecule has 0 saturated carbocycles. The van der Waals surface area contributed by atoms with E-state index in [0.29, 0.717) is 18.8 Å². The molecule has 2 aromatic carbocycles. The van der Waals surface area contributed by atoms with Gasteiger partial charge in [-0.2, -0.15) is 5.10 Å². The quantitative estimate of drug-likeness (QED) is 0.509. The van der Waals surface area contributed by atoms with Crippen molar-refractivity contribution in [1.29, 1.82) is 0 Å². The zero-order valence-electron chi connectivity index (χ0n) is 19.4. The van der Waals surface area contributed by atoms with Crippen molar-refractivity contribution in [3.8, 4) is 16.8 Å². The normalized spacial score (nSPS) is 10.8. The maximum atomic E-state index is 13.1. The van der Waals surface area contributed by atoms with E-state index in [-0.39, 0.29) is 18.4 Å². The summed E-state index contributed by atoms with van der Waals surface area (Å²) in [6.07, 6.45) is 2.22. The highest BCUT2D eigenvalue weighted by atomic mass is 16.2. The average molecular weight is 433 g/mol. The fourth-order valence-corrected chi connectivity index (χ4v) is 3.68. The van der Waals surface area contributed by atoms with Gasteiger partial charge < -0.3 is 10.2 Å². The molecule has 0 radical (unpaired) electrons. The minimum Gasteiger partial charge on any atom is -0.333 e. The van der Waals surface area contributed by atoms with Gasteiger partial charge in [-0.3, -0.25) is 9.59 Å². The molecule has 3 rings (SSSR count). The van der Waals surface area contributed by atoms with E-state index in [1.54, 1.807) is 9.58 Å². The minimum atomic E-state index is -0.228. The highest BCUT2D eigenvalue weighted by Crippen LogP contribution is 2.33. The smallest absolute Gasteiger partial charge is 0.245 e. The van der Waals surface area contributed by atoms with E-state index >= 15 is 0 Å². The second kappa shape index (κ2) is 10.8. The van der Waals surface area contributed by atoms with Crippen LogP contribution in [-0.4, -0.2) is 39.6 Å².